The van der Waals surface area contributed by atoms with Crippen LogP contribution in [-0.4, -0.2) is 303 Å². The molecular weight excluding hydrogens is 1230 g/mol. The van der Waals surface area contributed by atoms with Gasteiger partial charge in [-0.2, -0.15) is 0 Å². The van der Waals surface area contributed by atoms with Crippen molar-refractivity contribution < 1.29 is 60.9 Å². The lowest BCUT2D eigenvalue weighted by molar-refractivity contribution is -0.143. The van der Waals surface area contributed by atoms with Crippen molar-refractivity contribution in [2.24, 2.45) is 57.7 Å². The number of hydrogen-bond donors (Lipinski definition) is 12. The van der Waals surface area contributed by atoms with Gasteiger partial charge in [0.2, 0.25) is 0 Å². The van der Waals surface area contributed by atoms with Crippen molar-refractivity contribution in [1.29, 1.82) is 0 Å². The second kappa shape index (κ2) is 36.1. The molecule has 96 heavy (non-hydrogen) atoms. The maximum atomic E-state index is 12.4. The molecule has 1 aliphatic carbocycles. The van der Waals surface area contributed by atoms with Gasteiger partial charge < -0.3 is 116 Å². The van der Waals surface area contributed by atoms with E-state index >= 15 is 0 Å². The summed E-state index contributed by atoms with van der Waals surface area (Å²) < 4.78 is 83.0. The van der Waals surface area contributed by atoms with Crippen molar-refractivity contribution in [2.45, 2.75) is 156 Å². The first-order chi connectivity index (χ1) is 47.1. The van der Waals surface area contributed by atoms with Crippen molar-refractivity contribution in [2.75, 3.05) is 237 Å². The second-order valence-corrected chi connectivity index (χ2v) is 32.7. The molecule has 4 spiro atoms. The Morgan fingerprint density at radius 2 is 0.979 bits per heavy atom. The van der Waals surface area contributed by atoms with Crippen molar-refractivity contribution in [3.05, 3.63) is 0 Å². The van der Waals surface area contributed by atoms with Gasteiger partial charge >= 0.3 is 0 Å². The van der Waals surface area contributed by atoms with E-state index in [1.54, 1.807) is 0 Å². The molecule has 0 aromatic heterocycles. The summed E-state index contributed by atoms with van der Waals surface area (Å²) in [5.74, 6) is 2.37. The van der Waals surface area contributed by atoms with E-state index in [9.17, 15) is 8.78 Å². The zero-order valence-corrected chi connectivity index (χ0v) is 58.3. The van der Waals surface area contributed by atoms with Crippen molar-refractivity contribution >= 4 is 0 Å². The van der Waals surface area contributed by atoms with Crippen LogP contribution in [0, 0.1) is 57.7 Å². The quantitative estimate of drug-likeness (QED) is 0.161. The molecule has 12 N–H and O–H groups in total. The minimum Gasteiger partial charge on any atom is -0.381 e. The molecule has 0 radical (unpaired) electrons. The minimum atomic E-state index is -2.36. The van der Waals surface area contributed by atoms with Crippen LogP contribution >= 0.6 is 0 Å². The van der Waals surface area contributed by atoms with Gasteiger partial charge in [-0.05, 0) is 146 Å². The summed E-state index contributed by atoms with van der Waals surface area (Å²) >= 11 is 0. The molecule has 24 saturated heterocycles. The maximum Gasteiger partial charge on any atom is 0.268 e. The first kappa shape index (κ1) is 73.3. The molecule has 25 aliphatic rings. The molecule has 25 rings (SSSR count). The fourth-order valence-corrected chi connectivity index (χ4v) is 17.5. The molecule has 16 atom stereocenters. The summed E-state index contributed by atoms with van der Waals surface area (Å²) in [6.45, 7) is 38.7. The lowest BCUT2D eigenvalue weighted by Crippen LogP contribution is -2.68. The molecule has 25 heteroatoms. The molecule has 0 aromatic rings. The van der Waals surface area contributed by atoms with Gasteiger partial charge in [0.25, 0.3) is 5.92 Å². The number of morpholine rings is 2. The molecule has 23 nitrogen and oxygen atoms in total. The van der Waals surface area contributed by atoms with E-state index < -0.39 is 12.0 Å². The lowest BCUT2D eigenvalue weighted by atomic mass is 9.80. The van der Waals surface area contributed by atoms with Crippen LogP contribution in [0.25, 0.3) is 0 Å². The first-order valence-electron chi connectivity index (χ1n) is 38.7. The van der Waals surface area contributed by atoms with Crippen molar-refractivity contribution in [3.63, 3.8) is 0 Å². The van der Waals surface area contributed by atoms with E-state index in [4.69, 9.17) is 52.1 Å². The molecule has 1 saturated carbocycles. The fraction of sp³-hybridized carbons (Fsp3) is 1.00. The van der Waals surface area contributed by atoms with Crippen LogP contribution in [-0.2, 0) is 52.1 Å². The summed E-state index contributed by atoms with van der Waals surface area (Å²) in [6.07, 6.45) is 20.4. The van der Waals surface area contributed by atoms with Gasteiger partial charge in [-0.1, -0.05) is 0 Å². The summed E-state index contributed by atoms with van der Waals surface area (Å²) in [5, 5.41) is 39.4. The molecule has 25 fully saturated rings. The molecule has 8 bridgehead atoms. The SMILES string of the molecule is C1CC2(CN1)COC2.C1CC2(CNC2)CO1.C1CC2(COC2)N1.C1C[C@@H]2OCC[C@@H]2CN1.C1C[C@@H]2OCC[C@@H]2N1.C1C[C@H]2CNC[C@H](C2)O1.C1NCC12COC2.C1NC[C@H]2COC[C@@H]12.C1NC[C@H]2COC[C@@H]1C2.C1NC[C@H]2C[C@@H]1O2.C1O[C@H]2CN[C@@H]1C2.FC1(F)[C@@H]2NCCC[C@@H]21. The third-order valence-corrected chi connectivity index (χ3v) is 24.7. The molecule has 0 amide bonds. The average Bonchev–Trinajstić information content (AvgIpc) is 1.54. The van der Waals surface area contributed by atoms with Crippen molar-refractivity contribution in [3.8, 4) is 0 Å². The number of fused-ring (bicyclic) bond motifs is 12. The van der Waals surface area contributed by atoms with Gasteiger partial charge in [0.05, 0.1) is 127 Å². The van der Waals surface area contributed by atoms with Crippen LogP contribution < -0.4 is 63.8 Å². The summed E-state index contributed by atoms with van der Waals surface area (Å²) in [6, 6.07) is 0.936. The average molecular weight is 1360 g/mol. The van der Waals surface area contributed by atoms with Crippen molar-refractivity contribution in [1.82, 2.24) is 63.8 Å². The minimum absolute atomic E-state index is 0.328. The zero-order valence-electron chi connectivity index (χ0n) is 58.3. The summed E-state index contributed by atoms with van der Waals surface area (Å²) in [4.78, 5) is 0. The van der Waals surface area contributed by atoms with E-state index in [1.807, 2.05) is 0 Å². The Hall–Kier alpha value is -1.06. The largest absolute Gasteiger partial charge is 0.381 e. The van der Waals surface area contributed by atoms with E-state index in [1.165, 1.54) is 162 Å². The van der Waals surface area contributed by atoms with E-state index in [0.29, 0.717) is 76.9 Å². The predicted molar refractivity (Wildman–Crippen MR) is 363 cm³/mol. The standard InChI is InChI=1S/3C7H13NO.C6H9F2N.4C6H11NO.4C5H9NO/c1-6-2-8-3-7(1)5-9-4-6;1-3-8-5-6-2-4-9-7(1)6;1-2-9-7-3-6(1)4-8-5-7;7-6(8)4-2-1-3-9-5(4)6;1-5-3-8-4-6(5)2-7-1;1-3-7-5-2-4-8-6(1)5;1-2-8-5-6(1)3-7-4-6;1-2-7-3-6(1)4-8-5-6;1-5(2-6-1)3-7-4-5;1-4-3-7-5(1)2-6-4;1-4-2-6-3-5(1)7-4;1-2-6-5(1)3-7-4-5/h3*6-8H,1-5H2;4-5,9H,1-3H2;2*5-7H,1-4H2;2*7H,1-5H2;6H,1-4H2;2*4-6H,1-3H2;6H,1-4H2/t3*6-,7+;4-,5+;5-,6+;5-,6-;;;;4-,5-;4-,5+;/m.110.0...1../s1. The zero-order chi connectivity index (χ0) is 65.4. The highest BCUT2D eigenvalue weighted by molar-refractivity contribution is 5.13. The smallest absolute Gasteiger partial charge is 0.268 e. The van der Waals surface area contributed by atoms with Crippen LogP contribution in [0.2, 0.25) is 0 Å². The van der Waals surface area contributed by atoms with Crippen LogP contribution in [0.4, 0.5) is 8.78 Å². The third kappa shape index (κ3) is 20.7. The second-order valence-electron chi connectivity index (χ2n) is 32.7. The molecular formula is C71H128F2N12O11. The van der Waals surface area contributed by atoms with Crippen LogP contribution in [0.3, 0.4) is 0 Å². The number of hydrogen-bond acceptors (Lipinski definition) is 23. The summed E-state index contributed by atoms with van der Waals surface area (Å²) in [7, 11) is 0. The van der Waals surface area contributed by atoms with Gasteiger partial charge in [0, 0.05) is 171 Å². The Balaban J connectivity index is 0.0000000948. The Bertz CT molecular complexity index is 1960. The predicted octanol–water partition coefficient (Wildman–Crippen LogP) is 0.846. The van der Waals surface area contributed by atoms with Crippen LogP contribution in [0.5, 0.6) is 0 Å². The fourth-order valence-electron chi connectivity index (χ4n) is 17.5. The third-order valence-electron chi connectivity index (χ3n) is 24.7. The number of ether oxygens (including phenoxy) is 11. The molecule has 552 valence electrons. The Labute approximate surface area is 572 Å². The van der Waals surface area contributed by atoms with Gasteiger partial charge in [-0.15, -0.1) is 0 Å². The molecule has 24 heterocycles. The number of nitrogens with one attached hydrogen (secondary N) is 12. The van der Waals surface area contributed by atoms with E-state index in [0.717, 1.165) is 193 Å². The normalized spacial score (nSPS) is 41.3. The number of rotatable bonds is 0. The van der Waals surface area contributed by atoms with Crippen LogP contribution in [0.15, 0.2) is 0 Å². The highest BCUT2D eigenvalue weighted by atomic mass is 19.3. The highest BCUT2D eigenvalue weighted by Gasteiger charge is 2.68. The molecule has 0 aromatic carbocycles. The van der Waals surface area contributed by atoms with E-state index in [2.05, 4.69) is 63.8 Å². The lowest BCUT2D eigenvalue weighted by Gasteiger charge is -2.49. The Morgan fingerprint density at radius 3 is 1.42 bits per heavy atom. The van der Waals surface area contributed by atoms with Gasteiger partial charge in [0.1, 0.15) is 0 Å². The summed E-state index contributed by atoms with van der Waals surface area (Å²) in [5.41, 5.74) is 2.25. The molecule has 24 aliphatic heterocycles. The monoisotopic (exact) mass is 1360 g/mol. The Kier molecular flexibility index (Phi) is 27.5. The maximum absolute atomic E-state index is 12.4. The number of halogens is 2. The van der Waals surface area contributed by atoms with E-state index in [-0.39, 0.29) is 5.92 Å². The number of piperidine rings is 5. The van der Waals surface area contributed by atoms with Crippen LogP contribution in [0.1, 0.15) is 89.9 Å². The number of alkyl halides is 2. The first-order valence-corrected chi connectivity index (χ1v) is 38.7. The topological polar surface area (TPSA) is 246 Å². The van der Waals surface area contributed by atoms with Gasteiger partial charge in [-0.25, -0.2) is 8.78 Å². The Morgan fingerprint density at radius 1 is 0.354 bits per heavy atom. The highest BCUT2D eigenvalue weighted by Crippen LogP contribution is 2.53. The van der Waals surface area contributed by atoms with Gasteiger partial charge in [0.15, 0.2) is 0 Å². The van der Waals surface area contributed by atoms with Gasteiger partial charge in [-0.3, -0.25) is 0 Å². The molecule has 0 unspecified atom stereocenters.